The average molecular weight is 382 g/mol. The van der Waals surface area contributed by atoms with E-state index >= 15 is 0 Å². The highest BCUT2D eigenvalue weighted by Crippen LogP contribution is 2.35. The second-order valence-corrected chi connectivity index (χ2v) is 7.55. The van der Waals surface area contributed by atoms with Gasteiger partial charge in [0.25, 0.3) is 0 Å². The molecule has 3 rings (SSSR count). The van der Waals surface area contributed by atoms with Crippen molar-refractivity contribution in [2.45, 2.75) is 62.6 Å². The maximum absolute atomic E-state index is 13.4. The zero-order chi connectivity index (χ0) is 19.4. The molecule has 2 N–H and O–H groups in total. The smallest absolute Gasteiger partial charge is 0.409 e. The molecule has 1 unspecified atom stereocenters. The van der Waals surface area contributed by atoms with E-state index in [1.165, 1.54) is 19.2 Å². The molecule has 1 saturated heterocycles. The molecule has 1 aliphatic heterocycles. The molecule has 0 spiro atoms. The molecule has 2 aliphatic rings. The van der Waals surface area contributed by atoms with E-state index < -0.39 is 11.6 Å². The summed E-state index contributed by atoms with van der Waals surface area (Å²) in [6.45, 7) is 1.02. The first kappa shape index (κ1) is 20.0. The Morgan fingerprint density at radius 1 is 1.15 bits per heavy atom. The number of carbonyl (C=O) groups is 1. The third kappa shape index (κ3) is 4.96. The van der Waals surface area contributed by atoms with Crippen molar-refractivity contribution in [3.63, 3.8) is 0 Å². The fraction of sp³-hybridized carbons (Fsp3) is 0.650. The van der Waals surface area contributed by atoms with Crippen LogP contribution < -0.4 is 5.73 Å². The fourth-order valence-corrected chi connectivity index (χ4v) is 4.25. The number of hydrogen-bond acceptors (Lipinski definition) is 4. The van der Waals surface area contributed by atoms with Crippen LogP contribution in [-0.2, 0) is 9.47 Å². The van der Waals surface area contributed by atoms with Gasteiger partial charge in [-0.05, 0) is 62.1 Å². The number of piperidine rings is 1. The summed E-state index contributed by atoms with van der Waals surface area (Å²) in [4.78, 5) is 13.6. The van der Waals surface area contributed by atoms with Crippen LogP contribution >= 0.6 is 0 Å². The standard InChI is InChI=1S/C20H28F2N2O3/c1-26-20(25)24-8-2-3-18(23)19(24)12-27-17-6-4-13(5-7-17)14-9-15(21)11-16(22)10-14/h9-11,13,17-19H,2-8,12,23H2,1H3/t13?,17?,18?,19-/m0/s1. The summed E-state index contributed by atoms with van der Waals surface area (Å²) in [6.07, 6.45) is 4.73. The summed E-state index contributed by atoms with van der Waals surface area (Å²) < 4.78 is 37.8. The number of nitrogens with zero attached hydrogens (tertiary/aromatic N) is 1. The minimum absolute atomic E-state index is 0.0771. The Balaban J connectivity index is 1.52. The van der Waals surface area contributed by atoms with E-state index in [4.69, 9.17) is 15.2 Å². The number of methoxy groups -OCH3 is 1. The number of rotatable bonds is 4. The van der Waals surface area contributed by atoms with E-state index in [0.29, 0.717) is 13.2 Å². The Labute approximate surface area is 158 Å². The number of hydrogen-bond donors (Lipinski definition) is 1. The Morgan fingerprint density at radius 2 is 1.81 bits per heavy atom. The van der Waals surface area contributed by atoms with E-state index in [1.54, 1.807) is 4.90 Å². The molecular formula is C20H28F2N2O3. The Kier molecular flexibility index (Phi) is 6.65. The molecule has 150 valence electrons. The molecule has 0 aromatic heterocycles. The average Bonchev–Trinajstić information content (AvgIpc) is 2.66. The quantitative estimate of drug-likeness (QED) is 0.865. The van der Waals surface area contributed by atoms with Gasteiger partial charge in [-0.25, -0.2) is 13.6 Å². The van der Waals surface area contributed by atoms with Gasteiger partial charge in [0.05, 0.1) is 25.9 Å². The molecular weight excluding hydrogens is 354 g/mol. The Hall–Kier alpha value is -1.73. The van der Waals surface area contributed by atoms with Crippen molar-refractivity contribution < 1.29 is 23.0 Å². The summed E-state index contributed by atoms with van der Waals surface area (Å²) in [6, 6.07) is 3.44. The molecule has 27 heavy (non-hydrogen) atoms. The molecule has 1 aliphatic carbocycles. The predicted octanol–water partition coefficient (Wildman–Crippen LogP) is 3.57. The lowest BCUT2D eigenvalue weighted by atomic mass is 9.82. The van der Waals surface area contributed by atoms with Gasteiger partial charge >= 0.3 is 6.09 Å². The lowest BCUT2D eigenvalue weighted by molar-refractivity contribution is -0.0229. The van der Waals surface area contributed by atoms with E-state index in [9.17, 15) is 13.6 Å². The fourth-order valence-electron chi connectivity index (χ4n) is 4.25. The molecule has 7 heteroatoms. The summed E-state index contributed by atoms with van der Waals surface area (Å²) in [5, 5.41) is 0. The maximum atomic E-state index is 13.4. The number of amides is 1. The van der Waals surface area contributed by atoms with Crippen LogP contribution in [-0.4, -0.2) is 49.4 Å². The summed E-state index contributed by atoms with van der Waals surface area (Å²) in [5.41, 5.74) is 6.92. The first-order valence-corrected chi connectivity index (χ1v) is 9.65. The predicted molar refractivity (Wildman–Crippen MR) is 97.4 cm³/mol. The van der Waals surface area contributed by atoms with E-state index in [-0.39, 0.29) is 30.2 Å². The highest BCUT2D eigenvalue weighted by Gasteiger charge is 2.34. The van der Waals surface area contributed by atoms with Crippen LogP contribution in [0.15, 0.2) is 18.2 Å². The molecule has 2 fully saturated rings. The number of halogens is 2. The van der Waals surface area contributed by atoms with Crippen LogP contribution in [0, 0.1) is 11.6 Å². The van der Waals surface area contributed by atoms with Crippen LogP contribution in [0.2, 0.25) is 0 Å². The van der Waals surface area contributed by atoms with Crippen molar-refractivity contribution in [1.29, 1.82) is 0 Å². The molecule has 0 bridgehead atoms. The van der Waals surface area contributed by atoms with Gasteiger partial charge in [0.15, 0.2) is 0 Å². The number of ether oxygens (including phenoxy) is 2. The number of nitrogens with two attached hydrogens (primary N) is 1. The number of carbonyl (C=O) groups excluding carboxylic acids is 1. The molecule has 5 nitrogen and oxygen atoms in total. The van der Waals surface area contributed by atoms with Gasteiger partial charge in [0, 0.05) is 18.7 Å². The Morgan fingerprint density at radius 3 is 2.44 bits per heavy atom. The third-order valence-corrected chi connectivity index (χ3v) is 5.77. The highest BCUT2D eigenvalue weighted by molar-refractivity contribution is 5.68. The van der Waals surface area contributed by atoms with Gasteiger partial charge in [-0.2, -0.15) is 0 Å². The third-order valence-electron chi connectivity index (χ3n) is 5.77. The van der Waals surface area contributed by atoms with Gasteiger partial charge in [0.2, 0.25) is 0 Å². The summed E-state index contributed by atoms with van der Waals surface area (Å²) in [5.74, 6) is -0.909. The first-order valence-electron chi connectivity index (χ1n) is 9.65. The molecule has 1 aromatic rings. The Bertz CT molecular complexity index is 630. The minimum atomic E-state index is -0.530. The van der Waals surface area contributed by atoms with Crippen molar-refractivity contribution in [1.82, 2.24) is 4.90 Å². The van der Waals surface area contributed by atoms with Crippen LogP contribution in [0.4, 0.5) is 13.6 Å². The zero-order valence-electron chi connectivity index (χ0n) is 15.7. The van der Waals surface area contributed by atoms with E-state index in [0.717, 1.165) is 50.2 Å². The van der Waals surface area contributed by atoms with Crippen molar-refractivity contribution in [2.75, 3.05) is 20.3 Å². The van der Waals surface area contributed by atoms with Gasteiger partial charge in [-0.3, -0.25) is 0 Å². The van der Waals surface area contributed by atoms with Crippen LogP contribution in [0.3, 0.4) is 0 Å². The first-order chi connectivity index (χ1) is 13.0. The van der Waals surface area contributed by atoms with Gasteiger partial charge in [-0.1, -0.05) is 0 Å². The van der Waals surface area contributed by atoms with E-state index in [2.05, 4.69) is 0 Å². The van der Waals surface area contributed by atoms with Crippen LogP contribution in [0.25, 0.3) is 0 Å². The molecule has 1 aromatic carbocycles. The van der Waals surface area contributed by atoms with E-state index in [1.807, 2.05) is 0 Å². The lowest BCUT2D eigenvalue weighted by Gasteiger charge is -2.39. The zero-order valence-corrected chi connectivity index (χ0v) is 15.7. The lowest BCUT2D eigenvalue weighted by Crippen LogP contribution is -2.56. The molecule has 0 radical (unpaired) electrons. The van der Waals surface area contributed by atoms with Gasteiger partial charge in [0.1, 0.15) is 11.6 Å². The molecule has 2 atom stereocenters. The van der Waals surface area contributed by atoms with Gasteiger partial charge in [-0.15, -0.1) is 0 Å². The molecule has 1 amide bonds. The summed E-state index contributed by atoms with van der Waals surface area (Å²) >= 11 is 0. The van der Waals surface area contributed by atoms with Crippen LogP contribution in [0.1, 0.15) is 50.0 Å². The maximum Gasteiger partial charge on any atom is 0.409 e. The van der Waals surface area contributed by atoms with Crippen molar-refractivity contribution >= 4 is 6.09 Å². The molecule has 1 saturated carbocycles. The van der Waals surface area contributed by atoms with Crippen molar-refractivity contribution in [3.8, 4) is 0 Å². The number of benzene rings is 1. The molecule has 1 heterocycles. The van der Waals surface area contributed by atoms with Crippen molar-refractivity contribution in [3.05, 3.63) is 35.4 Å². The minimum Gasteiger partial charge on any atom is -0.453 e. The SMILES string of the molecule is COC(=O)N1CCCC(N)[C@@H]1COC1CCC(c2cc(F)cc(F)c2)CC1. The summed E-state index contributed by atoms with van der Waals surface area (Å²) in [7, 11) is 1.37. The van der Waals surface area contributed by atoms with Crippen molar-refractivity contribution in [2.24, 2.45) is 5.73 Å². The number of likely N-dealkylation sites (tertiary alicyclic amines) is 1. The highest BCUT2D eigenvalue weighted by atomic mass is 19.1. The largest absolute Gasteiger partial charge is 0.453 e. The monoisotopic (exact) mass is 382 g/mol. The van der Waals surface area contributed by atoms with Gasteiger partial charge < -0.3 is 20.1 Å². The topological polar surface area (TPSA) is 64.8 Å². The normalized spacial score (nSPS) is 28.8. The van der Waals surface area contributed by atoms with Crippen LogP contribution in [0.5, 0.6) is 0 Å². The second kappa shape index (κ2) is 8.97. The second-order valence-electron chi connectivity index (χ2n) is 7.55.